The van der Waals surface area contributed by atoms with E-state index >= 15 is 0 Å². The fourth-order valence-corrected chi connectivity index (χ4v) is 1.86. The number of aromatic hydroxyl groups is 1. The van der Waals surface area contributed by atoms with Gasteiger partial charge in [0.25, 0.3) is 5.91 Å². The maximum absolute atomic E-state index is 12.0. The molecule has 120 valence electrons. The Morgan fingerprint density at radius 1 is 1.22 bits per heavy atom. The molecule has 0 bridgehead atoms. The number of nitrogens with zero attached hydrogens (tertiary/aromatic N) is 1. The maximum Gasteiger partial charge on any atom is 0.262 e. The minimum Gasteiger partial charge on any atom is -0.507 e. The second-order valence-electron chi connectivity index (χ2n) is 4.89. The zero-order valence-electron chi connectivity index (χ0n) is 13.0. The summed E-state index contributed by atoms with van der Waals surface area (Å²) in [5.74, 6) is 0.572. The van der Waals surface area contributed by atoms with Crippen LogP contribution < -0.4 is 15.5 Å². The summed E-state index contributed by atoms with van der Waals surface area (Å²) < 4.78 is 5.08. The molecule has 0 aliphatic carbocycles. The van der Waals surface area contributed by atoms with E-state index in [1.165, 1.54) is 6.21 Å². The van der Waals surface area contributed by atoms with Crippen LogP contribution in [-0.2, 0) is 4.79 Å². The van der Waals surface area contributed by atoms with E-state index in [-0.39, 0.29) is 11.7 Å². The van der Waals surface area contributed by atoms with Gasteiger partial charge in [-0.15, -0.1) is 0 Å². The van der Waals surface area contributed by atoms with Crippen molar-refractivity contribution in [1.82, 2.24) is 5.43 Å². The predicted molar refractivity (Wildman–Crippen MR) is 89.9 cm³/mol. The zero-order valence-corrected chi connectivity index (χ0v) is 13.0. The smallest absolute Gasteiger partial charge is 0.262 e. The number of para-hydroxylation sites is 1. The summed E-state index contributed by atoms with van der Waals surface area (Å²) in [6.07, 6.45) is 1.40. The van der Waals surface area contributed by atoms with Crippen LogP contribution in [0.1, 0.15) is 12.5 Å². The Balaban J connectivity index is 1.88. The molecule has 0 spiro atoms. The first-order valence-corrected chi connectivity index (χ1v) is 7.11. The van der Waals surface area contributed by atoms with Crippen LogP contribution >= 0.6 is 0 Å². The van der Waals surface area contributed by atoms with Gasteiger partial charge in [-0.1, -0.05) is 12.1 Å². The Labute approximate surface area is 134 Å². The van der Waals surface area contributed by atoms with E-state index < -0.39 is 6.04 Å². The van der Waals surface area contributed by atoms with E-state index in [0.29, 0.717) is 5.56 Å². The number of carbonyl (C=O) groups excluding carboxylic acids is 1. The van der Waals surface area contributed by atoms with Crippen LogP contribution in [0.25, 0.3) is 0 Å². The SMILES string of the molecule is COc1ccc(N[C@H](C)C(=O)N/N=C\c2ccccc2O)cc1. The molecule has 0 aliphatic rings. The highest BCUT2D eigenvalue weighted by atomic mass is 16.5. The normalized spacial score (nSPS) is 11.9. The van der Waals surface area contributed by atoms with E-state index in [2.05, 4.69) is 15.8 Å². The fourth-order valence-electron chi connectivity index (χ4n) is 1.86. The van der Waals surface area contributed by atoms with Crippen LogP contribution in [0, 0.1) is 0 Å². The average molecular weight is 313 g/mol. The van der Waals surface area contributed by atoms with Crippen LogP contribution in [0.4, 0.5) is 5.69 Å². The van der Waals surface area contributed by atoms with Crippen LogP contribution in [0.3, 0.4) is 0 Å². The van der Waals surface area contributed by atoms with Crippen molar-refractivity contribution in [2.24, 2.45) is 5.10 Å². The topological polar surface area (TPSA) is 83.0 Å². The number of ether oxygens (including phenoxy) is 1. The van der Waals surface area contributed by atoms with Crippen LogP contribution in [-0.4, -0.2) is 30.4 Å². The lowest BCUT2D eigenvalue weighted by molar-refractivity contribution is -0.121. The first-order chi connectivity index (χ1) is 11.1. The lowest BCUT2D eigenvalue weighted by Gasteiger charge is -2.13. The number of phenolic OH excluding ortho intramolecular Hbond substituents is 1. The predicted octanol–water partition coefficient (Wildman–Crippen LogP) is 2.35. The molecule has 2 aromatic rings. The van der Waals surface area contributed by atoms with E-state index in [0.717, 1.165) is 11.4 Å². The highest BCUT2D eigenvalue weighted by Crippen LogP contribution is 2.16. The zero-order chi connectivity index (χ0) is 16.7. The molecule has 0 aromatic heterocycles. The number of nitrogens with one attached hydrogen (secondary N) is 2. The standard InChI is InChI=1S/C17H19N3O3/c1-12(19-14-7-9-15(23-2)10-8-14)17(22)20-18-11-13-5-3-4-6-16(13)21/h3-12,19,21H,1-2H3,(H,20,22)/b18-11-/t12-/m1/s1. The van der Waals surface area contributed by atoms with E-state index in [1.54, 1.807) is 38.3 Å². The van der Waals surface area contributed by atoms with Gasteiger partial charge in [0, 0.05) is 11.3 Å². The second-order valence-corrected chi connectivity index (χ2v) is 4.89. The number of anilines is 1. The Hall–Kier alpha value is -3.02. The molecule has 0 unspecified atom stereocenters. The van der Waals surface area contributed by atoms with Crippen molar-refractivity contribution in [3.8, 4) is 11.5 Å². The largest absolute Gasteiger partial charge is 0.507 e. The van der Waals surface area contributed by atoms with Gasteiger partial charge in [0.15, 0.2) is 0 Å². The number of amides is 1. The molecule has 6 heteroatoms. The van der Waals surface area contributed by atoms with Crippen LogP contribution in [0.2, 0.25) is 0 Å². The summed E-state index contributed by atoms with van der Waals surface area (Å²) in [4.78, 5) is 12.0. The number of phenols is 1. The molecule has 0 saturated carbocycles. The van der Waals surface area contributed by atoms with E-state index in [1.807, 2.05) is 24.3 Å². The van der Waals surface area contributed by atoms with Crippen LogP contribution in [0.5, 0.6) is 11.5 Å². The number of methoxy groups -OCH3 is 1. The van der Waals surface area contributed by atoms with Gasteiger partial charge in [0.2, 0.25) is 0 Å². The Bertz CT molecular complexity index is 684. The number of hydrogen-bond acceptors (Lipinski definition) is 5. The maximum atomic E-state index is 12.0. The molecule has 0 heterocycles. The third kappa shape index (κ3) is 4.74. The van der Waals surface area contributed by atoms with E-state index in [4.69, 9.17) is 4.74 Å². The van der Waals surface area contributed by atoms with Gasteiger partial charge in [-0.25, -0.2) is 5.43 Å². The van der Waals surface area contributed by atoms with Crippen molar-refractivity contribution in [1.29, 1.82) is 0 Å². The first kappa shape index (κ1) is 16.4. The lowest BCUT2D eigenvalue weighted by Crippen LogP contribution is -2.34. The highest BCUT2D eigenvalue weighted by Gasteiger charge is 2.11. The Morgan fingerprint density at radius 3 is 2.57 bits per heavy atom. The number of benzene rings is 2. The number of hydrazone groups is 1. The fraction of sp³-hybridized carbons (Fsp3) is 0.176. The molecule has 1 atom stereocenters. The monoisotopic (exact) mass is 313 g/mol. The minimum absolute atomic E-state index is 0.106. The van der Waals surface area contributed by atoms with Gasteiger partial charge in [-0.2, -0.15) is 5.10 Å². The summed E-state index contributed by atoms with van der Waals surface area (Å²) in [7, 11) is 1.60. The third-order valence-electron chi connectivity index (χ3n) is 3.18. The van der Waals surface area contributed by atoms with Crippen molar-refractivity contribution < 1.29 is 14.6 Å². The third-order valence-corrected chi connectivity index (χ3v) is 3.18. The van der Waals surface area contributed by atoms with E-state index in [9.17, 15) is 9.90 Å². The first-order valence-electron chi connectivity index (χ1n) is 7.11. The van der Waals surface area contributed by atoms with Gasteiger partial charge in [0.05, 0.1) is 13.3 Å². The van der Waals surface area contributed by atoms with Gasteiger partial charge in [-0.3, -0.25) is 4.79 Å². The molecule has 0 fully saturated rings. The van der Waals surface area contributed by atoms with Crippen molar-refractivity contribution in [3.63, 3.8) is 0 Å². The number of hydrogen-bond donors (Lipinski definition) is 3. The summed E-state index contributed by atoms with van der Waals surface area (Å²) in [5.41, 5.74) is 3.77. The van der Waals surface area contributed by atoms with Crippen molar-refractivity contribution >= 4 is 17.8 Å². The number of rotatable bonds is 6. The molecule has 1 amide bonds. The molecule has 0 radical (unpaired) electrons. The summed E-state index contributed by atoms with van der Waals surface area (Å²) in [6.45, 7) is 1.73. The summed E-state index contributed by atoms with van der Waals surface area (Å²) in [6, 6.07) is 13.5. The summed E-state index contributed by atoms with van der Waals surface area (Å²) >= 11 is 0. The minimum atomic E-state index is -0.468. The van der Waals surface area contributed by atoms with Crippen molar-refractivity contribution in [2.75, 3.05) is 12.4 Å². The second kappa shape index (κ2) is 7.84. The molecular formula is C17H19N3O3. The summed E-state index contributed by atoms with van der Waals surface area (Å²) in [5, 5.41) is 16.5. The number of carbonyl (C=O) groups is 1. The molecular weight excluding hydrogens is 294 g/mol. The molecule has 0 aliphatic heterocycles. The Kier molecular flexibility index (Phi) is 5.57. The molecule has 3 N–H and O–H groups in total. The lowest BCUT2D eigenvalue weighted by atomic mass is 10.2. The highest BCUT2D eigenvalue weighted by molar-refractivity contribution is 5.87. The van der Waals surface area contributed by atoms with Gasteiger partial charge < -0.3 is 15.2 Å². The van der Waals surface area contributed by atoms with Crippen molar-refractivity contribution in [2.45, 2.75) is 13.0 Å². The van der Waals surface area contributed by atoms with Gasteiger partial charge in [0.1, 0.15) is 17.5 Å². The quantitative estimate of drug-likeness (QED) is 0.565. The average Bonchev–Trinajstić information content (AvgIpc) is 2.57. The van der Waals surface area contributed by atoms with Crippen LogP contribution in [0.15, 0.2) is 53.6 Å². The van der Waals surface area contributed by atoms with Crippen molar-refractivity contribution in [3.05, 3.63) is 54.1 Å². The molecule has 0 saturated heterocycles. The molecule has 23 heavy (non-hydrogen) atoms. The Morgan fingerprint density at radius 2 is 1.91 bits per heavy atom. The molecule has 2 rings (SSSR count). The van der Waals surface area contributed by atoms with Gasteiger partial charge >= 0.3 is 0 Å². The molecule has 2 aromatic carbocycles. The van der Waals surface area contributed by atoms with Gasteiger partial charge in [-0.05, 0) is 43.3 Å². The molecule has 6 nitrogen and oxygen atoms in total.